The zero-order chi connectivity index (χ0) is 9.97. The maximum Gasteiger partial charge on any atom is 0.269 e. The summed E-state index contributed by atoms with van der Waals surface area (Å²) in [4.78, 5) is 12.9. The second-order valence-electron chi connectivity index (χ2n) is 3.34. The Balaban J connectivity index is 2.16. The predicted octanol–water partition coefficient (Wildman–Crippen LogP) is 0.176. The minimum absolute atomic E-state index is 0.216. The van der Waals surface area contributed by atoms with E-state index in [4.69, 9.17) is 5.73 Å². The number of anilines is 1. The number of nitrogens with zero attached hydrogens (tertiary/aromatic N) is 3. The lowest BCUT2D eigenvalue weighted by Crippen LogP contribution is -2.20. The molecule has 0 spiro atoms. The largest absolute Gasteiger partial charge is 0.364 e. The van der Waals surface area contributed by atoms with E-state index < -0.39 is 5.91 Å². The van der Waals surface area contributed by atoms with Gasteiger partial charge in [0.1, 0.15) is 0 Å². The molecule has 0 aliphatic carbocycles. The van der Waals surface area contributed by atoms with Gasteiger partial charge in [-0.05, 0) is 25.0 Å². The molecule has 1 aromatic heterocycles. The highest BCUT2D eigenvalue weighted by Crippen LogP contribution is 2.16. The minimum atomic E-state index is -0.537. The van der Waals surface area contributed by atoms with Gasteiger partial charge in [-0.15, -0.1) is 10.2 Å². The van der Waals surface area contributed by atoms with Crippen molar-refractivity contribution in [1.82, 2.24) is 10.2 Å². The van der Waals surface area contributed by atoms with E-state index in [0.717, 1.165) is 18.9 Å². The van der Waals surface area contributed by atoms with Crippen LogP contribution in [0.5, 0.6) is 0 Å². The smallest absolute Gasteiger partial charge is 0.269 e. The second-order valence-corrected chi connectivity index (χ2v) is 3.34. The van der Waals surface area contributed by atoms with E-state index in [2.05, 4.69) is 15.1 Å². The van der Waals surface area contributed by atoms with Gasteiger partial charge >= 0.3 is 0 Å². The van der Waals surface area contributed by atoms with Crippen LogP contribution in [-0.4, -0.2) is 29.2 Å². The number of hydrogen-bond acceptors (Lipinski definition) is 4. The number of carbonyl (C=O) groups excluding carboxylic acids is 1. The molecular formula is C9H12N4O. The van der Waals surface area contributed by atoms with E-state index in [0.29, 0.717) is 0 Å². The fourth-order valence-corrected chi connectivity index (χ4v) is 1.57. The van der Waals surface area contributed by atoms with Crippen molar-refractivity contribution in [1.29, 1.82) is 0 Å². The van der Waals surface area contributed by atoms with Gasteiger partial charge in [0.15, 0.2) is 11.5 Å². The standard InChI is InChI=1S/C9H12N4O/c10-9(14)7-3-4-8(12-11-7)13-5-1-2-6-13/h3-4H,1-2,5-6H2,(H2,10,14). The van der Waals surface area contributed by atoms with E-state index >= 15 is 0 Å². The van der Waals surface area contributed by atoms with Crippen LogP contribution in [0.3, 0.4) is 0 Å². The number of hydrogen-bond donors (Lipinski definition) is 1. The van der Waals surface area contributed by atoms with Gasteiger partial charge in [-0.2, -0.15) is 0 Å². The van der Waals surface area contributed by atoms with Gasteiger partial charge < -0.3 is 10.6 Å². The van der Waals surface area contributed by atoms with Gasteiger partial charge in [0.25, 0.3) is 5.91 Å². The van der Waals surface area contributed by atoms with Crippen LogP contribution in [-0.2, 0) is 0 Å². The summed E-state index contributed by atoms with van der Waals surface area (Å²) in [6.45, 7) is 2.04. The zero-order valence-electron chi connectivity index (χ0n) is 7.81. The molecule has 14 heavy (non-hydrogen) atoms. The normalized spacial score (nSPS) is 15.9. The lowest BCUT2D eigenvalue weighted by atomic mass is 10.3. The summed E-state index contributed by atoms with van der Waals surface area (Å²) in [5.74, 6) is 0.290. The Morgan fingerprint density at radius 3 is 2.50 bits per heavy atom. The molecule has 2 N–H and O–H groups in total. The van der Waals surface area contributed by atoms with Crippen LogP contribution < -0.4 is 10.6 Å². The Bertz CT molecular complexity index is 329. The topological polar surface area (TPSA) is 72.1 Å². The highest BCUT2D eigenvalue weighted by Gasteiger charge is 2.14. The molecule has 1 fully saturated rings. The minimum Gasteiger partial charge on any atom is -0.364 e. The van der Waals surface area contributed by atoms with Crippen molar-refractivity contribution in [2.75, 3.05) is 18.0 Å². The van der Waals surface area contributed by atoms with Crippen molar-refractivity contribution >= 4 is 11.7 Å². The Kier molecular flexibility index (Phi) is 2.30. The van der Waals surface area contributed by atoms with Crippen molar-refractivity contribution in [3.8, 4) is 0 Å². The molecule has 1 saturated heterocycles. The van der Waals surface area contributed by atoms with Gasteiger partial charge in [-0.25, -0.2) is 0 Å². The molecule has 0 radical (unpaired) electrons. The molecule has 1 aliphatic rings. The molecule has 0 atom stereocenters. The molecule has 0 saturated carbocycles. The first-order valence-electron chi connectivity index (χ1n) is 4.66. The van der Waals surface area contributed by atoms with Crippen LogP contribution in [0.15, 0.2) is 12.1 Å². The Morgan fingerprint density at radius 1 is 1.29 bits per heavy atom. The Morgan fingerprint density at radius 2 is 2.00 bits per heavy atom. The third kappa shape index (κ3) is 1.66. The fraction of sp³-hybridized carbons (Fsp3) is 0.444. The van der Waals surface area contributed by atoms with Gasteiger partial charge in [0.2, 0.25) is 0 Å². The van der Waals surface area contributed by atoms with Gasteiger partial charge in [0, 0.05) is 13.1 Å². The third-order valence-corrected chi connectivity index (χ3v) is 2.33. The summed E-state index contributed by atoms with van der Waals surface area (Å²) in [6.07, 6.45) is 2.39. The highest BCUT2D eigenvalue weighted by atomic mass is 16.1. The maximum atomic E-state index is 10.7. The summed E-state index contributed by atoms with van der Waals surface area (Å²) >= 11 is 0. The SMILES string of the molecule is NC(=O)c1ccc(N2CCCC2)nn1. The number of nitrogens with two attached hydrogens (primary N) is 1. The Hall–Kier alpha value is -1.65. The monoisotopic (exact) mass is 192 g/mol. The number of aromatic nitrogens is 2. The van der Waals surface area contributed by atoms with E-state index in [9.17, 15) is 4.79 Å². The van der Waals surface area contributed by atoms with Crippen LogP contribution in [0.4, 0.5) is 5.82 Å². The fourth-order valence-electron chi connectivity index (χ4n) is 1.57. The molecule has 1 amide bonds. The number of carbonyl (C=O) groups is 1. The van der Waals surface area contributed by atoms with E-state index in [-0.39, 0.29) is 5.69 Å². The zero-order valence-corrected chi connectivity index (χ0v) is 7.81. The molecule has 1 aromatic rings. The number of primary amides is 1. The van der Waals surface area contributed by atoms with Crippen LogP contribution in [0.25, 0.3) is 0 Å². The first-order valence-corrected chi connectivity index (χ1v) is 4.66. The van der Waals surface area contributed by atoms with Gasteiger partial charge in [-0.1, -0.05) is 0 Å². The summed E-state index contributed by atoms with van der Waals surface area (Å²) < 4.78 is 0. The molecule has 2 rings (SSSR count). The van der Waals surface area contributed by atoms with Crippen LogP contribution >= 0.6 is 0 Å². The van der Waals surface area contributed by atoms with Gasteiger partial charge in [-0.3, -0.25) is 4.79 Å². The molecule has 5 heteroatoms. The molecule has 2 heterocycles. The van der Waals surface area contributed by atoms with Crippen molar-refractivity contribution in [3.63, 3.8) is 0 Å². The van der Waals surface area contributed by atoms with Crippen molar-refractivity contribution in [2.24, 2.45) is 5.73 Å². The first-order chi connectivity index (χ1) is 6.77. The molecule has 74 valence electrons. The van der Waals surface area contributed by atoms with Crippen molar-refractivity contribution in [3.05, 3.63) is 17.8 Å². The van der Waals surface area contributed by atoms with E-state index in [1.165, 1.54) is 12.8 Å². The third-order valence-electron chi connectivity index (χ3n) is 2.33. The molecular weight excluding hydrogens is 180 g/mol. The van der Waals surface area contributed by atoms with E-state index in [1.54, 1.807) is 12.1 Å². The summed E-state index contributed by atoms with van der Waals surface area (Å²) in [7, 11) is 0. The van der Waals surface area contributed by atoms with Crippen LogP contribution in [0, 0.1) is 0 Å². The lowest BCUT2D eigenvalue weighted by molar-refractivity contribution is 0.0994. The predicted molar refractivity (Wildman–Crippen MR) is 52.0 cm³/mol. The number of amides is 1. The average molecular weight is 192 g/mol. The summed E-state index contributed by atoms with van der Waals surface area (Å²) in [5.41, 5.74) is 5.28. The highest BCUT2D eigenvalue weighted by molar-refractivity contribution is 5.90. The summed E-state index contributed by atoms with van der Waals surface area (Å²) in [5, 5.41) is 7.71. The molecule has 0 aromatic carbocycles. The van der Waals surface area contributed by atoms with Crippen molar-refractivity contribution in [2.45, 2.75) is 12.8 Å². The quantitative estimate of drug-likeness (QED) is 0.725. The van der Waals surface area contributed by atoms with Crippen molar-refractivity contribution < 1.29 is 4.79 Å². The Labute approximate surface area is 81.9 Å². The first kappa shape index (κ1) is 8.93. The maximum absolute atomic E-state index is 10.7. The van der Waals surface area contributed by atoms with Crippen LogP contribution in [0.1, 0.15) is 23.3 Å². The lowest BCUT2D eigenvalue weighted by Gasteiger charge is -2.14. The van der Waals surface area contributed by atoms with Crippen LogP contribution in [0.2, 0.25) is 0 Å². The van der Waals surface area contributed by atoms with E-state index in [1.807, 2.05) is 0 Å². The summed E-state index contributed by atoms with van der Waals surface area (Å²) in [6, 6.07) is 3.40. The molecule has 1 aliphatic heterocycles. The second kappa shape index (κ2) is 3.61. The number of rotatable bonds is 2. The molecule has 0 unspecified atom stereocenters. The average Bonchev–Trinajstić information content (AvgIpc) is 2.71. The molecule has 0 bridgehead atoms. The van der Waals surface area contributed by atoms with Gasteiger partial charge in [0.05, 0.1) is 0 Å². The molecule has 5 nitrogen and oxygen atoms in total.